The topological polar surface area (TPSA) is 139 Å². The summed E-state index contributed by atoms with van der Waals surface area (Å²) in [5.41, 5.74) is 9.57. The van der Waals surface area contributed by atoms with Crippen LogP contribution in [0.1, 0.15) is 30.9 Å². The summed E-state index contributed by atoms with van der Waals surface area (Å²) in [5.74, 6) is 0.563. The zero-order chi connectivity index (χ0) is 23.2. The molecule has 0 radical (unpaired) electrons. The van der Waals surface area contributed by atoms with Crippen molar-refractivity contribution in [2.24, 2.45) is 5.73 Å². The van der Waals surface area contributed by atoms with Crippen molar-refractivity contribution < 1.29 is 28.4 Å². The van der Waals surface area contributed by atoms with E-state index in [1.54, 1.807) is 6.26 Å². The Kier molecular flexibility index (Phi) is 8.00. The van der Waals surface area contributed by atoms with Crippen molar-refractivity contribution in [1.29, 1.82) is 0 Å². The number of phosphoric ester groups is 1. The molecule has 0 aliphatic heterocycles. The molecule has 5 N–H and O–H groups in total. The second-order valence-electron chi connectivity index (χ2n) is 7.97. The van der Waals surface area contributed by atoms with Crippen molar-refractivity contribution in [1.82, 2.24) is 4.98 Å². The van der Waals surface area contributed by atoms with Gasteiger partial charge in [-0.15, -0.1) is 0 Å². The van der Waals surface area contributed by atoms with Crippen molar-refractivity contribution in [2.45, 2.75) is 38.1 Å². The van der Waals surface area contributed by atoms with Gasteiger partial charge in [-0.05, 0) is 42.5 Å². The van der Waals surface area contributed by atoms with Crippen LogP contribution in [0.15, 0.2) is 59.2 Å². The van der Waals surface area contributed by atoms with Crippen molar-refractivity contribution in [3.05, 3.63) is 65.9 Å². The van der Waals surface area contributed by atoms with Crippen LogP contribution in [0.2, 0.25) is 0 Å². The quantitative estimate of drug-likeness (QED) is 0.318. The monoisotopic (exact) mass is 460 g/mol. The number of aliphatic hydroxyl groups is 1. The Bertz CT molecular complexity index is 1050. The first-order valence-corrected chi connectivity index (χ1v) is 12.0. The number of aromatic nitrogens is 1. The molecular formula is C23H29N2O6P. The van der Waals surface area contributed by atoms with E-state index in [0.29, 0.717) is 18.7 Å². The van der Waals surface area contributed by atoms with Gasteiger partial charge in [0.25, 0.3) is 0 Å². The van der Waals surface area contributed by atoms with Crippen LogP contribution in [-0.4, -0.2) is 38.6 Å². The molecule has 0 amide bonds. The maximum atomic E-state index is 10.9. The summed E-state index contributed by atoms with van der Waals surface area (Å²) < 4.78 is 21.0. The number of nitrogens with two attached hydrogens (primary N) is 1. The highest BCUT2D eigenvalue weighted by Gasteiger charge is 2.28. The highest BCUT2D eigenvalue weighted by atomic mass is 31.2. The molecule has 172 valence electrons. The molecule has 1 unspecified atom stereocenters. The number of hydrogen-bond acceptors (Lipinski definition) is 6. The van der Waals surface area contributed by atoms with Crippen molar-refractivity contribution >= 4 is 7.82 Å². The second-order valence-corrected chi connectivity index (χ2v) is 9.21. The molecule has 3 rings (SSSR count). The normalized spacial score (nSPS) is 13.8. The molecule has 0 aliphatic carbocycles. The first kappa shape index (κ1) is 24.3. The predicted molar refractivity (Wildman–Crippen MR) is 122 cm³/mol. The molecule has 0 spiro atoms. The third-order valence-corrected chi connectivity index (χ3v) is 5.71. The number of aliphatic hydroxyl groups excluding tert-OH is 1. The molecule has 9 heteroatoms. The fourth-order valence-electron chi connectivity index (χ4n) is 3.29. The van der Waals surface area contributed by atoms with E-state index in [9.17, 15) is 9.67 Å². The van der Waals surface area contributed by atoms with E-state index in [1.165, 1.54) is 5.56 Å². The van der Waals surface area contributed by atoms with Crippen LogP contribution in [0, 0.1) is 0 Å². The number of aryl methyl sites for hydroxylation is 2. The van der Waals surface area contributed by atoms with Crippen LogP contribution in [0.4, 0.5) is 0 Å². The first-order valence-electron chi connectivity index (χ1n) is 10.5. The Morgan fingerprint density at radius 1 is 1.03 bits per heavy atom. The van der Waals surface area contributed by atoms with Crippen molar-refractivity contribution in [3.8, 4) is 22.7 Å². The zero-order valence-corrected chi connectivity index (χ0v) is 18.9. The summed E-state index contributed by atoms with van der Waals surface area (Å²) in [5, 5.41) is 9.51. The maximum Gasteiger partial charge on any atom is 0.469 e. The van der Waals surface area contributed by atoms with Gasteiger partial charge < -0.3 is 25.0 Å². The van der Waals surface area contributed by atoms with Crippen LogP contribution in [-0.2, 0) is 21.9 Å². The lowest BCUT2D eigenvalue weighted by molar-refractivity contribution is 0.102. The minimum atomic E-state index is -4.64. The van der Waals surface area contributed by atoms with Gasteiger partial charge in [0.1, 0.15) is 12.0 Å². The average molecular weight is 460 g/mol. The van der Waals surface area contributed by atoms with Gasteiger partial charge >= 0.3 is 7.82 Å². The highest BCUT2D eigenvalue weighted by molar-refractivity contribution is 7.46. The fourth-order valence-corrected chi connectivity index (χ4v) is 3.71. The minimum absolute atomic E-state index is 0.297. The molecule has 0 aliphatic rings. The molecule has 2 aromatic carbocycles. The Morgan fingerprint density at radius 3 is 2.19 bits per heavy atom. The Balaban J connectivity index is 1.62. The third-order valence-electron chi connectivity index (χ3n) is 5.24. The number of rotatable bonds is 11. The lowest BCUT2D eigenvalue weighted by Crippen LogP contribution is -2.48. The molecule has 0 saturated carbocycles. The molecule has 0 saturated heterocycles. The van der Waals surface area contributed by atoms with Crippen LogP contribution in [0.5, 0.6) is 0 Å². The summed E-state index contributed by atoms with van der Waals surface area (Å²) in [6, 6.07) is 15.9. The van der Waals surface area contributed by atoms with Gasteiger partial charge in [-0.25, -0.2) is 9.55 Å². The van der Waals surface area contributed by atoms with Crippen molar-refractivity contribution in [2.75, 3.05) is 13.2 Å². The lowest BCUT2D eigenvalue weighted by Gasteiger charge is -2.27. The van der Waals surface area contributed by atoms with E-state index in [-0.39, 0.29) is 0 Å². The highest BCUT2D eigenvalue weighted by Crippen LogP contribution is 2.37. The van der Waals surface area contributed by atoms with Gasteiger partial charge in [0.05, 0.1) is 18.8 Å². The molecule has 0 fully saturated rings. The Hall–Kier alpha value is -2.32. The largest absolute Gasteiger partial charge is 0.469 e. The summed E-state index contributed by atoms with van der Waals surface area (Å²) in [7, 11) is -4.64. The van der Waals surface area contributed by atoms with E-state index in [2.05, 4.69) is 28.6 Å². The molecule has 1 heterocycles. The molecular weight excluding hydrogens is 431 g/mol. The lowest BCUT2D eigenvalue weighted by atomic mass is 9.93. The number of phosphoric acid groups is 1. The fraction of sp³-hybridized carbons (Fsp3) is 0.348. The molecule has 32 heavy (non-hydrogen) atoms. The summed E-state index contributed by atoms with van der Waals surface area (Å²) in [6.45, 7) is 1.26. The minimum Gasteiger partial charge on any atom is -0.444 e. The standard InChI is InChI=1S/C23H29N2O6P/c1-2-3-17-6-10-20(11-7-17)22-25-21(14-30-22)19-8-4-18(5-9-19)12-13-23(24,15-26)16-31-32(27,28)29/h4-11,14,26H,2-3,12-13,15-16,24H2,1H3,(H2,27,28,29). The average Bonchev–Trinajstić information content (AvgIpc) is 3.27. The molecule has 1 atom stereocenters. The van der Waals surface area contributed by atoms with E-state index < -0.39 is 26.6 Å². The summed E-state index contributed by atoms with van der Waals surface area (Å²) in [4.78, 5) is 22.3. The van der Waals surface area contributed by atoms with Crippen LogP contribution < -0.4 is 5.73 Å². The smallest absolute Gasteiger partial charge is 0.444 e. The molecule has 3 aromatic rings. The SMILES string of the molecule is CCCc1ccc(-c2nc(-c3ccc(CCC(N)(CO)COP(=O)(O)O)cc3)co2)cc1. The van der Waals surface area contributed by atoms with Gasteiger partial charge in [0.15, 0.2) is 0 Å². The summed E-state index contributed by atoms with van der Waals surface area (Å²) >= 11 is 0. The Morgan fingerprint density at radius 2 is 1.62 bits per heavy atom. The van der Waals surface area contributed by atoms with Gasteiger partial charge in [-0.2, -0.15) is 0 Å². The van der Waals surface area contributed by atoms with Gasteiger partial charge in [-0.1, -0.05) is 49.7 Å². The summed E-state index contributed by atoms with van der Waals surface area (Å²) in [6.07, 6.45) is 4.58. The van der Waals surface area contributed by atoms with E-state index >= 15 is 0 Å². The van der Waals surface area contributed by atoms with Gasteiger partial charge in [-0.3, -0.25) is 4.52 Å². The second kappa shape index (κ2) is 10.5. The third kappa shape index (κ3) is 6.84. The zero-order valence-electron chi connectivity index (χ0n) is 18.0. The van der Waals surface area contributed by atoms with Gasteiger partial charge in [0.2, 0.25) is 5.89 Å². The maximum absolute atomic E-state index is 10.9. The molecule has 1 aromatic heterocycles. The van der Waals surface area contributed by atoms with Gasteiger partial charge in [0, 0.05) is 11.1 Å². The van der Waals surface area contributed by atoms with E-state index in [0.717, 1.165) is 35.2 Å². The van der Waals surface area contributed by atoms with Crippen LogP contribution in [0.25, 0.3) is 22.7 Å². The van der Waals surface area contributed by atoms with Crippen molar-refractivity contribution in [3.63, 3.8) is 0 Å². The first-order chi connectivity index (χ1) is 15.2. The number of hydrogen-bond donors (Lipinski definition) is 4. The van der Waals surface area contributed by atoms with E-state index in [1.807, 2.05) is 36.4 Å². The molecule has 8 nitrogen and oxygen atoms in total. The number of nitrogens with zero attached hydrogens (tertiary/aromatic N) is 1. The Labute approximate surface area is 187 Å². The molecule has 0 bridgehead atoms. The predicted octanol–water partition coefficient (Wildman–Crippen LogP) is 3.69. The van der Waals surface area contributed by atoms with Crippen LogP contribution >= 0.6 is 7.82 Å². The van der Waals surface area contributed by atoms with E-state index in [4.69, 9.17) is 19.9 Å². The number of oxazole rings is 1. The number of benzene rings is 2. The van der Waals surface area contributed by atoms with Crippen LogP contribution in [0.3, 0.4) is 0 Å².